The Kier molecular flexibility index (Phi) is 3.57. The average Bonchev–Trinajstić information content (AvgIpc) is 2.87. The third kappa shape index (κ3) is 2.61. The van der Waals surface area contributed by atoms with Crippen LogP contribution in [0.2, 0.25) is 0 Å². The molecule has 0 radical (unpaired) electrons. The molecule has 0 aliphatic carbocycles. The zero-order valence-corrected chi connectivity index (χ0v) is 12.0. The lowest BCUT2D eigenvalue weighted by Crippen LogP contribution is -2.39. The molecule has 1 N–H and O–H groups in total. The highest BCUT2D eigenvalue weighted by atomic mass is 32.1. The molecule has 104 valence electrons. The van der Waals surface area contributed by atoms with Gasteiger partial charge >= 0.3 is 0 Å². The van der Waals surface area contributed by atoms with Gasteiger partial charge in [-0.3, -0.25) is 4.79 Å². The molecule has 0 spiro atoms. The fourth-order valence-corrected chi connectivity index (χ4v) is 3.70. The number of halogens is 1. The Morgan fingerprint density at radius 2 is 2.05 bits per heavy atom. The monoisotopic (exact) mass is 289 g/mol. The third-order valence-corrected chi connectivity index (χ3v) is 5.00. The van der Waals surface area contributed by atoms with Crippen LogP contribution in [0.5, 0.6) is 0 Å². The highest BCUT2D eigenvalue weighted by molar-refractivity contribution is 7.10. The SMILES string of the molecule is Cc1csc([C@@H]2CNC(=O)[C@@H](c3ccc(F)cc3)C2)c1. The summed E-state index contributed by atoms with van der Waals surface area (Å²) in [7, 11) is 0. The molecule has 1 aromatic heterocycles. The maximum Gasteiger partial charge on any atom is 0.227 e. The number of benzene rings is 1. The zero-order valence-electron chi connectivity index (χ0n) is 11.2. The van der Waals surface area contributed by atoms with Crippen LogP contribution in [-0.4, -0.2) is 12.5 Å². The van der Waals surface area contributed by atoms with Crippen LogP contribution < -0.4 is 5.32 Å². The van der Waals surface area contributed by atoms with Crippen LogP contribution in [-0.2, 0) is 4.79 Å². The lowest BCUT2D eigenvalue weighted by molar-refractivity contribution is -0.124. The standard InChI is InChI=1S/C16H16FNOS/c1-10-6-15(20-9-10)12-7-14(16(19)18-8-12)11-2-4-13(17)5-3-11/h2-6,9,12,14H,7-8H2,1H3,(H,18,19)/t12-,14+/m0/s1. The molecule has 1 aliphatic rings. The van der Waals surface area contributed by atoms with Crippen molar-refractivity contribution in [3.05, 3.63) is 57.5 Å². The molecule has 2 nitrogen and oxygen atoms in total. The van der Waals surface area contributed by atoms with E-state index in [9.17, 15) is 9.18 Å². The molecule has 1 saturated heterocycles. The van der Waals surface area contributed by atoms with Crippen LogP contribution >= 0.6 is 11.3 Å². The number of hydrogen-bond acceptors (Lipinski definition) is 2. The molecule has 1 fully saturated rings. The average molecular weight is 289 g/mol. The van der Waals surface area contributed by atoms with E-state index < -0.39 is 0 Å². The van der Waals surface area contributed by atoms with Gasteiger partial charge in [0.15, 0.2) is 0 Å². The summed E-state index contributed by atoms with van der Waals surface area (Å²) in [5.74, 6) is -0.0604. The van der Waals surface area contributed by atoms with Crippen molar-refractivity contribution in [1.29, 1.82) is 0 Å². The molecule has 0 unspecified atom stereocenters. The molecule has 0 saturated carbocycles. The molecule has 20 heavy (non-hydrogen) atoms. The van der Waals surface area contributed by atoms with Gasteiger partial charge in [-0.2, -0.15) is 0 Å². The molecular weight excluding hydrogens is 273 g/mol. The van der Waals surface area contributed by atoms with Crippen LogP contribution in [0, 0.1) is 12.7 Å². The Hall–Kier alpha value is -1.68. The maximum atomic E-state index is 13.0. The first-order chi connectivity index (χ1) is 9.63. The Labute approximate surface area is 121 Å². The Morgan fingerprint density at radius 3 is 2.70 bits per heavy atom. The van der Waals surface area contributed by atoms with E-state index in [2.05, 4.69) is 23.7 Å². The summed E-state index contributed by atoms with van der Waals surface area (Å²) in [5.41, 5.74) is 2.15. The van der Waals surface area contributed by atoms with Crippen LogP contribution in [0.15, 0.2) is 35.7 Å². The summed E-state index contributed by atoms with van der Waals surface area (Å²) < 4.78 is 13.0. The van der Waals surface area contributed by atoms with Crippen molar-refractivity contribution in [2.24, 2.45) is 0 Å². The quantitative estimate of drug-likeness (QED) is 0.899. The van der Waals surface area contributed by atoms with E-state index in [0.717, 1.165) is 12.0 Å². The second-order valence-corrected chi connectivity index (χ2v) is 6.25. The van der Waals surface area contributed by atoms with Gasteiger partial charge in [-0.25, -0.2) is 4.39 Å². The van der Waals surface area contributed by atoms with E-state index >= 15 is 0 Å². The Bertz CT molecular complexity index is 620. The van der Waals surface area contributed by atoms with Gasteiger partial charge in [0.2, 0.25) is 5.91 Å². The van der Waals surface area contributed by atoms with Gasteiger partial charge in [0, 0.05) is 17.3 Å². The molecular formula is C16H16FNOS. The fourth-order valence-electron chi connectivity index (χ4n) is 2.69. The molecule has 2 atom stereocenters. The lowest BCUT2D eigenvalue weighted by atomic mass is 9.84. The molecule has 1 amide bonds. The zero-order chi connectivity index (χ0) is 14.1. The van der Waals surface area contributed by atoms with Crippen molar-refractivity contribution in [3.63, 3.8) is 0 Å². The van der Waals surface area contributed by atoms with E-state index in [4.69, 9.17) is 0 Å². The molecule has 2 heterocycles. The first-order valence-electron chi connectivity index (χ1n) is 6.71. The van der Waals surface area contributed by atoms with Crippen molar-refractivity contribution in [3.8, 4) is 0 Å². The third-order valence-electron chi connectivity index (χ3n) is 3.78. The minimum atomic E-state index is -0.268. The second-order valence-electron chi connectivity index (χ2n) is 5.31. The van der Waals surface area contributed by atoms with E-state index in [-0.39, 0.29) is 17.6 Å². The summed E-state index contributed by atoms with van der Waals surface area (Å²) in [5, 5.41) is 5.11. The highest BCUT2D eigenvalue weighted by Gasteiger charge is 2.31. The number of nitrogens with one attached hydrogen (secondary N) is 1. The number of rotatable bonds is 2. The fraction of sp³-hybridized carbons (Fsp3) is 0.312. The summed E-state index contributed by atoms with van der Waals surface area (Å²) in [4.78, 5) is 13.4. The number of aryl methyl sites for hydroxylation is 1. The Morgan fingerprint density at radius 1 is 1.30 bits per heavy atom. The summed E-state index contributed by atoms with van der Waals surface area (Å²) >= 11 is 1.75. The number of thiophene rings is 1. The van der Waals surface area contributed by atoms with Gasteiger partial charge in [-0.15, -0.1) is 11.3 Å². The number of amides is 1. The van der Waals surface area contributed by atoms with E-state index in [0.29, 0.717) is 12.5 Å². The first kappa shape index (κ1) is 13.3. The van der Waals surface area contributed by atoms with Gasteiger partial charge in [-0.1, -0.05) is 12.1 Å². The topological polar surface area (TPSA) is 29.1 Å². The van der Waals surface area contributed by atoms with Gasteiger partial charge in [0.05, 0.1) is 5.92 Å². The molecule has 1 aromatic carbocycles. The summed E-state index contributed by atoms with van der Waals surface area (Å²) in [6.07, 6.45) is 0.789. The molecule has 1 aliphatic heterocycles. The summed E-state index contributed by atoms with van der Waals surface area (Å²) in [6, 6.07) is 8.45. The largest absolute Gasteiger partial charge is 0.355 e. The van der Waals surface area contributed by atoms with Crippen molar-refractivity contribution in [2.45, 2.75) is 25.2 Å². The van der Waals surface area contributed by atoms with Crippen molar-refractivity contribution in [1.82, 2.24) is 5.32 Å². The first-order valence-corrected chi connectivity index (χ1v) is 7.59. The summed E-state index contributed by atoms with van der Waals surface area (Å²) in [6.45, 7) is 2.77. The second kappa shape index (κ2) is 5.37. The number of carbonyl (C=O) groups excluding carboxylic acids is 1. The van der Waals surface area contributed by atoms with Crippen LogP contribution in [0.1, 0.15) is 34.3 Å². The van der Waals surface area contributed by atoms with Crippen molar-refractivity contribution < 1.29 is 9.18 Å². The predicted octanol–water partition coefficient (Wildman–Crippen LogP) is 3.58. The van der Waals surface area contributed by atoms with Crippen LogP contribution in [0.25, 0.3) is 0 Å². The van der Waals surface area contributed by atoms with E-state index in [1.807, 2.05) is 0 Å². The highest BCUT2D eigenvalue weighted by Crippen LogP contribution is 2.35. The van der Waals surface area contributed by atoms with Crippen LogP contribution in [0.4, 0.5) is 4.39 Å². The Balaban J connectivity index is 1.83. The molecule has 2 aromatic rings. The van der Waals surface area contributed by atoms with Crippen LogP contribution in [0.3, 0.4) is 0 Å². The maximum absolute atomic E-state index is 13.0. The smallest absolute Gasteiger partial charge is 0.227 e. The molecule has 4 heteroatoms. The predicted molar refractivity (Wildman–Crippen MR) is 78.6 cm³/mol. The number of carbonyl (C=O) groups is 1. The van der Waals surface area contributed by atoms with E-state index in [1.54, 1.807) is 23.5 Å². The minimum absolute atomic E-state index is 0.0427. The minimum Gasteiger partial charge on any atom is -0.355 e. The van der Waals surface area contributed by atoms with E-state index in [1.165, 1.54) is 22.6 Å². The van der Waals surface area contributed by atoms with Gasteiger partial charge in [0.1, 0.15) is 5.82 Å². The lowest BCUT2D eigenvalue weighted by Gasteiger charge is -2.29. The van der Waals surface area contributed by atoms with Gasteiger partial charge in [0.25, 0.3) is 0 Å². The number of piperidine rings is 1. The van der Waals surface area contributed by atoms with Crippen molar-refractivity contribution >= 4 is 17.2 Å². The van der Waals surface area contributed by atoms with Gasteiger partial charge in [-0.05, 0) is 48.1 Å². The van der Waals surface area contributed by atoms with Gasteiger partial charge < -0.3 is 5.32 Å². The van der Waals surface area contributed by atoms with Crippen molar-refractivity contribution in [2.75, 3.05) is 6.54 Å². The molecule has 0 bridgehead atoms. The normalized spacial score (nSPS) is 22.6. The molecule has 3 rings (SSSR count). The number of hydrogen-bond donors (Lipinski definition) is 1.